The molecule has 96 valence electrons. The molecule has 0 saturated carbocycles. The van der Waals surface area contributed by atoms with Gasteiger partial charge in [0, 0.05) is 24.7 Å². The third kappa shape index (κ3) is 7.49. The van der Waals surface area contributed by atoms with Crippen LogP contribution >= 0.6 is 15.9 Å². The molecule has 1 rings (SSSR count). The quantitative estimate of drug-likeness (QED) is 0.711. The van der Waals surface area contributed by atoms with Gasteiger partial charge in [-0.25, -0.2) is 0 Å². The van der Waals surface area contributed by atoms with Crippen LogP contribution in [0.25, 0.3) is 0 Å². The maximum Gasteiger partial charge on any atom is 0.0717 e. The predicted molar refractivity (Wildman–Crippen MR) is 73.2 cm³/mol. The Morgan fingerprint density at radius 2 is 2.12 bits per heavy atom. The first-order valence-corrected chi connectivity index (χ1v) is 6.64. The Labute approximate surface area is 112 Å². The summed E-state index contributed by atoms with van der Waals surface area (Å²) in [6.07, 6.45) is 1.04. The standard InChI is InChI=1S/C13H20BrNO2/c1-16-8-3-6-15-7-9-17-11-12-4-2-5-13(14)10-12/h2,4-5,10,15H,3,6-9,11H2,1H3. The average molecular weight is 302 g/mol. The average Bonchev–Trinajstić information content (AvgIpc) is 2.33. The Morgan fingerprint density at radius 1 is 1.24 bits per heavy atom. The molecule has 0 radical (unpaired) electrons. The maximum atomic E-state index is 5.57. The molecule has 0 heterocycles. The molecule has 0 bridgehead atoms. The van der Waals surface area contributed by atoms with Gasteiger partial charge >= 0.3 is 0 Å². The summed E-state index contributed by atoms with van der Waals surface area (Å²) in [5.41, 5.74) is 1.19. The van der Waals surface area contributed by atoms with Crippen LogP contribution in [0, 0.1) is 0 Å². The highest BCUT2D eigenvalue weighted by Gasteiger charge is 1.94. The fourth-order valence-corrected chi connectivity index (χ4v) is 1.87. The largest absolute Gasteiger partial charge is 0.385 e. The molecule has 0 amide bonds. The number of halogens is 1. The Balaban J connectivity index is 1.97. The molecule has 4 heteroatoms. The van der Waals surface area contributed by atoms with Crippen LogP contribution in [0.3, 0.4) is 0 Å². The van der Waals surface area contributed by atoms with Gasteiger partial charge in [0.25, 0.3) is 0 Å². The lowest BCUT2D eigenvalue weighted by Gasteiger charge is -2.06. The lowest BCUT2D eigenvalue weighted by molar-refractivity contribution is 0.122. The molecule has 17 heavy (non-hydrogen) atoms. The van der Waals surface area contributed by atoms with E-state index in [0.29, 0.717) is 6.61 Å². The molecular weight excluding hydrogens is 282 g/mol. The molecule has 3 nitrogen and oxygen atoms in total. The Morgan fingerprint density at radius 3 is 2.88 bits per heavy atom. The van der Waals surface area contributed by atoms with E-state index in [4.69, 9.17) is 9.47 Å². The van der Waals surface area contributed by atoms with E-state index in [1.807, 2.05) is 12.1 Å². The van der Waals surface area contributed by atoms with E-state index >= 15 is 0 Å². The summed E-state index contributed by atoms with van der Waals surface area (Å²) in [5, 5.41) is 3.30. The molecule has 1 N–H and O–H groups in total. The first-order chi connectivity index (χ1) is 8.33. The summed E-state index contributed by atoms with van der Waals surface area (Å²) in [6.45, 7) is 4.08. The second kappa shape index (κ2) is 9.59. The minimum atomic E-state index is 0.666. The van der Waals surface area contributed by atoms with E-state index in [2.05, 4.69) is 33.4 Å². The normalized spacial score (nSPS) is 10.7. The van der Waals surface area contributed by atoms with E-state index in [1.54, 1.807) is 7.11 Å². The number of methoxy groups -OCH3 is 1. The monoisotopic (exact) mass is 301 g/mol. The zero-order valence-corrected chi connectivity index (χ0v) is 11.8. The van der Waals surface area contributed by atoms with Gasteiger partial charge < -0.3 is 14.8 Å². The molecule has 0 saturated heterocycles. The molecule has 1 aromatic carbocycles. The van der Waals surface area contributed by atoms with Crippen molar-refractivity contribution < 1.29 is 9.47 Å². The fourth-order valence-electron chi connectivity index (χ4n) is 1.43. The van der Waals surface area contributed by atoms with Crippen molar-refractivity contribution >= 4 is 15.9 Å². The highest BCUT2D eigenvalue weighted by Crippen LogP contribution is 2.12. The van der Waals surface area contributed by atoms with Crippen LogP contribution in [0.1, 0.15) is 12.0 Å². The SMILES string of the molecule is COCCCNCCOCc1cccc(Br)c1. The predicted octanol–water partition coefficient (Wildman–Crippen LogP) is 2.59. The number of hydrogen-bond donors (Lipinski definition) is 1. The maximum absolute atomic E-state index is 5.57. The van der Waals surface area contributed by atoms with Crippen molar-refractivity contribution in [2.24, 2.45) is 0 Å². The van der Waals surface area contributed by atoms with Crippen LogP contribution in [-0.2, 0) is 16.1 Å². The third-order valence-corrected chi connectivity index (χ3v) is 2.78. The van der Waals surface area contributed by atoms with Crippen molar-refractivity contribution in [1.82, 2.24) is 5.32 Å². The van der Waals surface area contributed by atoms with Crippen molar-refractivity contribution in [2.75, 3.05) is 33.4 Å². The molecule has 0 spiro atoms. The summed E-state index contributed by atoms with van der Waals surface area (Å²) in [7, 11) is 1.72. The molecule has 0 aliphatic rings. The van der Waals surface area contributed by atoms with Gasteiger partial charge in [-0.1, -0.05) is 28.1 Å². The molecule has 0 aliphatic heterocycles. The summed E-state index contributed by atoms with van der Waals surface area (Å²) in [4.78, 5) is 0. The number of nitrogens with one attached hydrogen (secondary N) is 1. The first-order valence-electron chi connectivity index (χ1n) is 5.85. The summed E-state index contributed by atoms with van der Waals surface area (Å²) in [5.74, 6) is 0. The van der Waals surface area contributed by atoms with Gasteiger partial charge in [0.15, 0.2) is 0 Å². The molecule has 0 fully saturated rings. The van der Waals surface area contributed by atoms with E-state index in [-0.39, 0.29) is 0 Å². The highest BCUT2D eigenvalue weighted by atomic mass is 79.9. The lowest BCUT2D eigenvalue weighted by Crippen LogP contribution is -2.21. The van der Waals surface area contributed by atoms with E-state index in [9.17, 15) is 0 Å². The van der Waals surface area contributed by atoms with Crippen LogP contribution in [0.5, 0.6) is 0 Å². The zero-order chi connectivity index (χ0) is 12.3. The number of benzene rings is 1. The van der Waals surface area contributed by atoms with Crippen molar-refractivity contribution in [3.63, 3.8) is 0 Å². The second-order valence-corrected chi connectivity index (χ2v) is 4.69. The van der Waals surface area contributed by atoms with Crippen LogP contribution in [0.15, 0.2) is 28.7 Å². The van der Waals surface area contributed by atoms with E-state index < -0.39 is 0 Å². The smallest absolute Gasteiger partial charge is 0.0717 e. The van der Waals surface area contributed by atoms with Crippen molar-refractivity contribution in [3.05, 3.63) is 34.3 Å². The van der Waals surface area contributed by atoms with Gasteiger partial charge in [-0.3, -0.25) is 0 Å². The van der Waals surface area contributed by atoms with Gasteiger partial charge in [0.1, 0.15) is 0 Å². The number of hydrogen-bond acceptors (Lipinski definition) is 3. The zero-order valence-electron chi connectivity index (χ0n) is 10.2. The summed E-state index contributed by atoms with van der Waals surface area (Å²) >= 11 is 3.44. The topological polar surface area (TPSA) is 30.5 Å². The van der Waals surface area contributed by atoms with Gasteiger partial charge in [0.05, 0.1) is 13.2 Å². The second-order valence-electron chi connectivity index (χ2n) is 3.78. The van der Waals surface area contributed by atoms with Gasteiger partial charge in [-0.2, -0.15) is 0 Å². The first kappa shape index (κ1) is 14.6. The molecule has 0 aromatic heterocycles. The minimum Gasteiger partial charge on any atom is -0.385 e. The van der Waals surface area contributed by atoms with Gasteiger partial charge in [-0.05, 0) is 30.7 Å². The van der Waals surface area contributed by atoms with Crippen molar-refractivity contribution in [2.45, 2.75) is 13.0 Å². The number of ether oxygens (including phenoxy) is 2. The minimum absolute atomic E-state index is 0.666. The Kier molecular flexibility index (Phi) is 8.26. The number of rotatable bonds is 9. The molecule has 0 atom stereocenters. The van der Waals surface area contributed by atoms with Crippen molar-refractivity contribution in [1.29, 1.82) is 0 Å². The summed E-state index contributed by atoms with van der Waals surface area (Å²) in [6, 6.07) is 8.18. The van der Waals surface area contributed by atoms with Crippen LogP contribution in [0.4, 0.5) is 0 Å². The highest BCUT2D eigenvalue weighted by molar-refractivity contribution is 9.10. The molecule has 1 aromatic rings. The van der Waals surface area contributed by atoms with Gasteiger partial charge in [-0.15, -0.1) is 0 Å². The van der Waals surface area contributed by atoms with E-state index in [1.165, 1.54) is 5.56 Å². The Bertz CT molecular complexity index is 307. The lowest BCUT2D eigenvalue weighted by atomic mass is 10.2. The van der Waals surface area contributed by atoms with Gasteiger partial charge in [0.2, 0.25) is 0 Å². The Hall–Kier alpha value is -0.420. The van der Waals surface area contributed by atoms with Crippen molar-refractivity contribution in [3.8, 4) is 0 Å². The molecule has 0 unspecified atom stereocenters. The third-order valence-electron chi connectivity index (χ3n) is 2.28. The van der Waals surface area contributed by atoms with Crippen LogP contribution in [-0.4, -0.2) is 33.4 Å². The summed E-state index contributed by atoms with van der Waals surface area (Å²) < 4.78 is 11.6. The molecule has 0 aliphatic carbocycles. The fraction of sp³-hybridized carbons (Fsp3) is 0.538. The van der Waals surface area contributed by atoms with Crippen LogP contribution in [0.2, 0.25) is 0 Å². The van der Waals surface area contributed by atoms with E-state index in [0.717, 1.165) is 37.2 Å². The molecular formula is C13H20BrNO2. The van der Waals surface area contributed by atoms with Crippen LogP contribution < -0.4 is 5.32 Å².